The lowest BCUT2D eigenvalue weighted by molar-refractivity contribution is -0.157. The van der Waals surface area contributed by atoms with Gasteiger partial charge in [-0.2, -0.15) is 0 Å². The van der Waals surface area contributed by atoms with Gasteiger partial charge >= 0.3 is 5.97 Å². The van der Waals surface area contributed by atoms with Crippen LogP contribution in [0.5, 0.6) is 0 Å². The molecule has 1 aromatic carbocycles. The fourth-order valence-electron chi connectivity index (χ4n) is 1.33. The SMILES string of the molecule is CC(O)(C(=O)O)c1nc(-c2ccccc2)cs1. The van der Waals surface area contributed by atoms with Crippen molar-refractivity contribution in [3.05, 3.63) is 40.7 Å². The van der Waals surface area contributed by atoms with E-state index in [4.69, 9.17) is 5.11 Å². The van der Waals surface area contributed by atoms with Gasteiger partial charge in [-0.1, -0.05) is 30.3 Å². The summed E-state index contributed by atoms with van der Waals surface area (Å²) in [6, 6.07) is 9.42. The van der Waals surface area contributed by atoms with E-state index in [1.54, 1.807) is 5.38 Å². The van der Waals surface area contributed by atoms with Crippen LogP contribution < -0.4 is 0 Å². The van der Waals surface area contributed by atoms with Crippen LogP contribution in [0.3, 0.4) is 0 Å². The minimum absolute atomic E-state index is 0.184. The standard InChI is InChI=1S/C12H11NO3S/c1-12(16,11(14)15)10-13-9(7-17-10)8-5-3-2-4-6-8/h2-7,16H,1H3,(H,14,15). The second-order valence-electron chi connectivity index (χ2n) is 3.78. The molecule has 0 bridgehead atoms. The number of hydrogen-bond acceptors (Lipinski definition) is 4. The van der Waals surface area contributed by atoms with Crippen molar-refractivity contribution in [3.8, 4) is 11.3 Å². The first kappa shape index (κ1) is 11.8. The number of aliphatic carboxylic acids is 1. The molecule has 0 saturated heterocycles. The first-order chi connectivity index (χ1) is 8.01. The summed E-state index contributed by atoms with van der Waals surface area (Å²) in [6.45, 7) is 1.23. The van der Waals surface area contributed by atoms with E-state index < -0.39 is 11.6 Å². The third-order valence-corrected chi connectivity index (χ3v) is 3.46. The van der Waals surface area contributed by atoms with E-state index in [1.807, 2.05) is 30.3 Å². The van der Waals surface area contributed by atoms with Gasteiger partial charge in [0.15, 0.2) is 0 Å². The first-order valence-electron chi connectivity index (χ1n) is 4.99. The van der Waals surface area contributed by atoms with Gasteiger partial charge in [-0.15, -0.1) is 11.3 Å². The second-order valence-corrected chi connectivity index (χ2v) is 4.64. The summed E-state index contributed by atoms with van der Waals surface area (Å²) in [5, 5.41) is 20.6. The van der Waals surface area contributed by atoms with Crippen molar-refractivity contribution in [1.82, 2.24) is 4.98 Å². The van der Waals surface area contributed by atoms with Crippen molar-refractivity contribution in [3.63, 3.8) is 0 Å². The average Bonchev–Trinajstić information content (AvgIpc) is 2.80. The summed E-state index contributed by atoms with van der Waals surface area (Å²) in [5.74, 6) is -1.30. The van der Waals surface area contributed by atoms with E-state index in [-0.39, 0.29) is 5.01 Å². The van der Waals surface area contributed by atoms with Crippen LogP contribution in [-0.4, -0.2) is 21.2 Å². The van der Waals surface area contributed by atoms with Crippen molar-refractivity contribution < 1.29 is 15.0 Å². The number of carbonyl (C=O) groups is 1. The van der Waals surface area contributed by atoms with Gasteiger partial charge in [0.25, 0.3) is 0 Å². The quantitative estimate of drug-likeness (QED) is 0.874. The van der Waals surface area contributed by atoms with Crippen LogP contribution in [-0.2, 0) is 10.4 Å². The lowest BCUT2D eigenvalue weighted by atomic mass is 10.1. The molecular weight excluding hydrogens is 238 g/mol. The van der Waals surface area contributed by atoms with Crippen LogP contribution in [0.4, 0.5) is 0 Å². The molecule has 2 N–H and O–H groups in total. The van der Waals surface area contributed by atoms with Gasteiger partial charge < -0.3 is 10.2 Å². The molecule has 17 heavy (non-hydrogen) atoms. The number of rotatable bonds is 3. The van der Waals surface area contributed by atoms with Gasteiger partial charge in [-0.25, -0.2) is 9.78 Å². The summed E-state index contributed by atoms with van der Waals surface area (Å²) < 4.78 is 0. The Bertz CT molecular complexity index is 534. The van der Waals surface area contributed by atoms with Crippen LogP contribution >= 0.6 is 11.3 Å². The fraction of sp³-hybridized carbons (Fsp3) is 0.167. The molecule has 0 aliphatic heterocycles. The van der Waals surface area contributed by atoms with E-state index >= 15 is 0 Å². The number of aromatic nitrogens is 1. The van der Waals surface area contributed by atoms with Gasteiger partial charge in [0.1, 0.15) is 5.01 Å². The summed E-state index contributed by atoms with van der Waals surface area (Å²) in [5.41, 5.74) is -0.360. The Morgan fingerprint density at radius 1 is 1.35 bits per heavy atom. The number of carboxylic acids is 1. The molecule has 0 saturated carbocycles. The summed E-state index contributed by atoms with van der Waals surface area (Å²) >= 11 is 1.14. The first-order valence-corrected chi connectivity index (χ1v) is 5.87. The lowest BCUT2D eigenvalue weighted by Crippen LogP contribution is -2.31. The molecule has 4 nitrogen and oxygen atoms in total. The van der Waals surface area contributed by atoms with Gasteiger partial charge in [0.2, 0.25) is 5.60 Å². The van der Waals surface area contributed by atoms with Gasteiger partial charge in [-0.05, 0) is 6.92 Å². The number of nitrogens with zero attached hydrogens (tertiary/aromatic N) is 1. The number of aliphatic hydroxyl groups is 1. The molecule has 0 radical (unpaired) electrons. The fourth-order valence-corrected chi connectivity index (χ4v) is 2.21. The van der Waals surface area contributed by atoms with Crippen molar-refractivity contribution in [2.45, 2.75) is 12.5 Å². The minimum atomic E-state index is -1.93. The van der Waals surface area contributed by atoms with Crippen LogP contribution in [0.2, 0.25) is 0 Å². The molecule has 0 aliphatic rings. The maximum absolute atomic E-state index is 10.9. The Labute approximate surface area is 102 Å². The smallest absolute Gasteiger partial charge is 0.342 e. The van der Waals surface area contributed by atoms with Crippen LogP contribution in [0.15, 0.2) is 35.7 Å². The highest BCUT2D eigenvalue weighted by Crippen LogP contribution is 2.28. The Hall–Kier alpha value is -1.72. The zero-order valence-corrected chi connectivity index (χ0v) is 9.94. The summed E-state index contributed by atoms with van der Waals surface area (Å²) in [6.07, 6.45) is 0. The normalized spacial score (nSPS) is 14.2. The van der Waals surface area contributed by atoms with E-state index in [0.717, 1.165) is 16.9 Å². The number of carboxylic acid groups (broad SMARTS) is 1. The molecule has 1 aromatic heterocycles. The third kappa shape index (κ3) is 2.20. The van der Waals surface area contributed by atoms with Crippen molar-refractivity contribution >= 4 is 17.3 Å². The summed E-state index contributed by atoms with van der Waals surface area (Å²) in [7, 11) is 0. The Morgan fingerprint density at radius 3 is 2.59 bits per heavy atom. The topological polar surface area (TPSA) is 70.4 Å². The Kier molecular flexibility index (Phi) is 2.95. The highest BCUT2D eigenvalue weighted by molar-refractivity contribution is 7.10. The van der Waals surface area contributed by atoms with Gasteiger partial charge in [0.05, 0.1) is 5.69 Å². The van der Waals surface area contributed by atoms with Gasteiger partial charge in [-0.3, -0.25) is 0 Å². The molecular formula is C12H11NO3S. The highest BCUT2D eigenvalue weighted by Gasteiger charge is 2.35. The predicted molar refractivity (Wildman–Crippen MR) is 64.8 cm³/mol. The maximum Gasteiger partial charge on any atom is 0.342 e. The van der Waals surface area contributed by atoms with E-state index in [2.05, 4.69) is 4.98 Å². The zero-order chi connectivity index (χ0) is 12.5. The maximum atomic E-state index is 10.9. The molecule has 2 aromatic rings. The lowest BCUT2D eigenvalue weighted by Gasteiger charge is -2.13. The number of thiazole rings is 1. The molecule has 1 unspecified atom stereocenters. The molecule has 2 rings (SSSR count). The van der Waals surface area contributed by atoms with Crippen molar-refractivity contribution in [2.24, 2.45) is 0 Å². The van der Waals surface area contributed by atoms with Crippen LogP contribution in [0.25, 0.3) is 11.3 Å². The monoisotopic (exact) mass is 249 g/mol. The molecule has 1 heterocycles. The van der Waals surface area contributed by atoms with Crippen molar-refractivity contribution in [1.29, 1.82) is 0 Å². The minimum Gasteiger partial charge on any atom is -0.479 e. The van der Waals surface area contributed by atoms with E-state index in [9.17, 15) is 9.90 Å². The summed E-state index contributed by atoms with van der Waals surface area (Å²) in [4.78, 5) is 15.0. The van der Waals surface area contributed by atoms with Gasteiger partial charge in [0, 0.05) is 10.9 Å². The molecule has 0 amide bonds. The third-order valence-electron chi connectivity index (χ3n) is 2.41. The Balaban J connectivity index is 2.38. The highest BCUT2D eigenvalue weighted by atomic mass is 32.1. The van der Waals surface area contributed by atoms with E-state index in [0.29, 0.717) is 5.69 Å². The molecule has 88 valence electrons. The number of benzene rings is 1. The molecule has 0 fully saturated rings. The molecule has 0 spiro atoms. The predicted octanol–water partition coefficient (Wildman–Crippen LogP) is 2.10. The molecule has 1 atom stereocenters. The molecule has 0 aliphatic carbocycles. The van der Waals surface area contributed by atoms with E-state index in [1.165, 1.54) is 6.92 Å². The van der Waals surface area contributed by atoms with Crippen molar-refractivity contribution in [2.75, 3.05) is 0 Å². The zero-order valence-electron chi connectivity index (χ0n) is 9.12. The largest absolute Gasteiger partial charge is 0.479 e. The second kappa shape index (κ2) is 4.27. The average molecular weight is 249 g/mol. The van der Waals surface area contributed by atoms with Crippen LogP contribution in [0, 0.1) is 0 Å². The number of hydrogen-bond donors (Lipinski definition) is 2. The Morgan fingerprint density at radius 2 is 2.00 bits per heavy atom. The molecule has 5 heteroatoms. The van der Waals surface area contributed by atoms with Crippen LogP contribution in [0.1, 0.15) is 11.9 Å².